The summed E-state index contributed by atoms with van der Waals surface area (Å²) in [5.74, 6) is 1.36. The fraction of sp³-hybridized carbons (Fsp3) is 0.529. The molecule has 0 spiro atoms. The van der Waals surface area contributed by atoms with E-state index in [0.717, 1.165) is 36.5 Å². The number of nitrogens with zero attached hydrogens (tertiary/aromatic N) is 2. The highest BCUT2D eigenvalue weighted by molar-refractivity contribution is 7.99. The van der Waals surface area contributed by atoms with Crippen LogP contribution in [0.25, 0.3) is 5.65 Å². The smallest absolute Gasteiger partial charge is 0.230 e. The zero-order chi connectivity index (χ0) is 16.2. The van der Waals surface area contributed by atoms with Gasteiger partial charge in [-0.3, -0.25) is 4.79 Å². The van der Waals surface area contributed by atoms with Gasteiger partial charge in [-0.1, -0.05) is 6.07 Å². The summed E-state index contributed by atoms with van der Waals surface area (Å²) in [6, 6.07) is 4.70. The van der Waals surface area contributed by atoms with E-state index in [4.69, 9.17) is 0 Å². The number of amides is 1. The third-order valence-electron chi connectivity index (χ3n) is 4.24. The number of piperidine rings is 1. The Labute approximate surface area is 165 Å². The Balaban J connectivity index is 0.00000156. The molecular formula is C17H26Cl2N4OS. The summed E-state index contributed by atoms with van der Waals surface area (Å²) < 4.78 is 2.04. The molecule has 0 saturated carbocycles. The second kappa shape index (κ2) is 10.3. The number of thioether (sulfide) groups is 1. The molecule has 2 aromatic rings. The average molecular weight is 405 g/mol. The minimum absolute atomic E-state index is 0. The highest BCUT2D eigenvalue weighted by atomic mass is 35.5. The molecule has 1 fully saturated rings. The second-order valence-electron chi connectivity index (χ2n) is 6.26. The Bertz CT molecular complexity index is 694. The minimum Gasteiger partial charge on any atom is -0.351 e. The number of aromatic nitrogens is 2. The Morgan fingerprint density at radius 3 is 2.96 bits per heavy atom. The Kier molecular flexibility index (Phi) is 9.07. The zero-order valence-electron chi connectivity index (χ0n) is 14.5. The van der Waals surface area contributed by atoms with E-state index in [2.05, 4.69) is 41.7 Å². The van der Waals surface area contributed by atoms with Crippen LogP contribution in [0, 0.1) is 6.92 Å². The van der Waals surface area contributed by atoms with E-state index in [1.54, 1.807) is 11.8 Å². The third kappa shape index (κ3) is 6.06. The highest BCUT2D eigenvalue weighted by Gasteiger charge is 2.22. The van der Waals surface area contributed by atoms with Crippen molar-refractivity contribution in [3.63, 3.8) is 0 Å². The van der Waals surface area contributed by atoms with Crippen molar-refractivity contribution in [2.45, 2.75) is 44.5 Å². The van der Waals surface area contributed by atoms with Crippen LogP contribution in [0.1, 0.15) is 31.0 Å². The molecule has 25 heavy (non-hydrogen) atoms. The fourth-order valence-corrected chi connectivity index (χ4v) is 3.68. The lowest BCUT2D eigenvalue weighted by Crippen LogP contribution is -2.52. The van der Waals surface area contributed by atoms with Crippen LogP contribution in [0.5, 0.6) is 0 Å². The van der Waals surface area contributed by atoms with Crippen molar-refractivity contribution in [1.29, 1.82) is 0 Å². The molecule has 8 heteroatoms. The predicted octanol–water partition coefficient (Wildman–Crippen LogP) is 2.98. The molecule has 1 aliphatic rings. The largest absolute Gasteiger partial charge is 0.351 e. The van der Waals surface area contributed by atoms with Crippen LogP contribution in [-0.4, -0.2) is 39.7 Å². The van der Waals surface area contributed by atoms with Gasteiger partial charge < -0.3 is 15.0 Å². The van der Waals surface area contributed by atoms with E-state index < -0.39 is 0 Å². The number of aryl methyl sites for hydroxylation is 1. The monoisotopic (exact) mass is 404 g/mol. The van der Waals surface area contributed by atoms with Gasteiger partial charge in [-0.15, -0.1) is 36.6 Å². The second-order valence-corrected chi connectivity index (χ2v) is 7.24. The molecule has 0 aromatic carbocycles. The van der Waals surface area contributed by atoms with Crippen molar-refractivity contribution < 1.29 is 4.79 Å². The van der Waals surface area contributed by atoms with Crippen LogP contribution in [0.15, 0.2) is 24.5 Å². The molecule has 1 amide bonds. The molecule has 2 atom stereocenters. The van der Waals surface area contributed by atoms with Gasteiger partial charge in [0.1, 0.15) is 5.65 Å². The van der Waals surface area contributed by atoms with Gasteiger partial charge in [0.25, 0.3) is 0 Å². The standard InChI is InChI=1S/C17H24N4OS.2ClH/c1-12-5-6-16-19-14(9-21(16)8-12)10-23-11-17(22)20-15-4-3-7-18-13(15)2;;/h5-6,8-9,13,15,18H,3-4,7,10-11H2,1-2H3,(H,20,22);2*1H. The average Bonchev–Trinajstić information content (AvgIpc) is 2.91. The van der Waals surface area contributed by atoms with Crippen LogP contribution in [0.4, 0.5) is 0 Å². The first-order valence-electron chi connectivity index (χ1n) is 8.16. The lowest BCUT2D eigenvalue weighted by atomic mass is 10.00. The van der Waals surface area contributed by atoms with E-state index in [1.807, 2.05) is 16.7 Å². The maximum Gasteiger partial charge on any atom is 0.230 e. The first-order chi connectivity index (χ1) is 11.1. The van der Waals surface area contributed by atoms with Crippen molar-refractivity contribution in [3.05, 3.63) is 35.8 Å². The van der Waals surface area contributed by atoms with Crippen LogP contribution in [-0.2, 0) is 10.5 Å². The number of halogens is 2. The maximum absolute atomic E-state index is 12.1. The number of rotatable bonds is 5. The van der Waals surface area contributed by atoms with Gasteiger partial charge in [-0.25, -0.2) is 4.98 Å². The molecule has 3 heterocycles. The molecule has 0 aliphatic carbocycles. The van der Waals surface area contributed by atoms with E-state index in [9.17, 15) is 4.79 Å². The van der Waals surface area contributed by atoms with Gasteiger partial charge in [0.05, 0.1) is 11.4 Å². The fourth-order valence-electron chi connectivity index (χ4n) is 2.96. The summed E-state index contributed by atoms with van der Waals surface area (Å²) in [7, 11) is 0. The van der Waals surface area contributed by atoms with Gasteiger partial charge in [-0.05, 0) is 44.9 Å². The predicted molar refractivity (Wildman–Crippen MR) is 109 cm³/mol. The number of imidazole rings is 1. The molecule has 1 saturated heterocycles. The summed E-state index contributed by atoms with van der Waals surface area (Å²) >= 11 is 1.62. The molecule has 2 aromatic heterocycles. The lowest BCUT2D eigenvalue weighted by Gasteiger charge is -2.30. The Morgan fingerprint density at radius 2 is 2.20 bits per heavy atom. The summed E-state index contributed by atoms with van der Waals surface area (Å²) in [5, 5.41) is 6.55. The normalized spacial score (nSPS) is 19.8. The SMILES string of the molecule is Cc1ccc2nc(CSCC(=O)NC3CCCNC3C)cn2c1.Cl.Cl. The van der Waals surface area contributed by atoms with Gasteiger partial charge >= 0.3 is 0 Å². The lowest BCUT2D eigenvalue weighted by molar-refractivity contribution is -0.119. The molecule has 3 rings (SSSR count). The van der Waals surface area contributed by atoms with Gasteiger partial charge in [0.2, 0.25) is 5.91 Å². The molecule has 1 aliphatic heterocycles. The number of carbonyl (C=O) groups is 1. The molecule has 2 unspecified atom stereocenters. The number of hydrogen-bond donors (Lipinski definition) is 2. The number of carbonyl (C=O) groups excluding carboxylic acids is 1. The molecule has 5 nitrogen and oxygen atoms in total. The summed E-state index contributed by atoms with van der Waals surface area (Å²) in [4.78, 5) is 16.7. The van der Waals surface area contributed by atoms with Gasteiger partial charge in [-0.2, -0.15) is 0 Å². The van der Waals surface area contributed by atoms with Crippen molar-refractivity contribution in [2.24, 2.45) is 0 Å². The molecule has 2 N–H and O–H groups in total. The molecule has 0 radical (unpaired) electrons. The highest BCUT2D eigenvalue weighted by Crippen LogP contribution is 2.14. The van der Waals surface area contributed by atoms with Gasteiger partial charge in [0, 0.05) is 30.2 Å². The van der Waals surface area contributed by atoms with Crippen LogP contribution < -0.4 is 10.6 Å². The molecule has 140 valence electrons. The summed E-state index contributed by atoms with van der Waals surface area (Å²) in [6.45, 7) is 5.25. The van der Waals surface area contributed by atoms with E-state index in [1.165, 1.54) is 5.56 Å². The van der Waals surface area contributed by atoms with E-state index >= 15 is 0 Å². The molecular weight excluding hydrogens is 379 g/mol. The van der Waals surface area contributed by atoms with Crippen LogP contribution in [0.2, 0.25) is 0 Å². The maximum atomic E-state index is 12.1. The number of nitrogens with one attached hydrogen (secondary N) is 2. The number of hydrogen-bond acceptors (Lipinski definition) is 4. The van der Waals surface area contributed by atoms with Crippen molar-refractivity contribution in [2.75, 3.05) is 12.3 Å². The van der Waals surface area contributed by atoms with Crippen LogP contribution in [0.3, 0.4) is 0 Å². The van der Waals surface area contributed by atoms with Crippen LogP contribution >= 0.6 is 36.6 Å². The first-order valence-corrected chi connectivity index (χ1v) is 9.32. The van der Waals surface area contributed by atoms with E-state index in [0.29, 0.717) is 11.8 Å². The van der Waals surface area contributed by atoms with Crippen molar-refractivity contribution >= 4 is 48.1 Å². The first kappa shape index (κ1) is 22.1. The molecule has 0 bridgehead atoms. The van der Waals surface area contributed by atoms with Crippen molar-refractivity contribution in [1.82, 2.24) is 20.0 Å². The quantitative estimate of drug-likeness (QED) is 0.803. The van der Waals surface area contributed by atoms with Gasteiger partial charge in [0.15, 0.2) is 0 Å². The number of pyridine rings is 1. The minimum atomic E-state index is 0. The summed E-state index contributed by atoms with van der Waals surface area (Å²) in [5.41, 5.74) is 3.18. The zero-order valence-corrected chi connectivity index (χ0v) is 17.0. The van der Waals surface area contributed by atoms with Crippen molar-refractivity contribution in [3.8, 4) is 0 Å². The topological polar surface area (TPSA) is 58.4 Å². The summed E-state index contributed by atoms with van der Waals surface area (Å²) in [6.07, 6.45) is 6.31. The Hall–Kier alpha value is -0.950. The Morgan fingerprint density at radius 1 is 1.40 bits per heavy atom. The number of fused-ring (bicyclic) bond motifs is 1. The van der Waals surface area contributed by atoms with E-state index in [-0.39, 0.29) is 36.8 Å². The third-order valence-corrected chi connectivity index (χ3v) is 5.21.